The maximum atomic E-state index is 13.2. The Morgan fingerprint density at radius 2 is 1.62 bits per heavy atom. The van der Waals surface area contributed by atoms with Gasteiger partial charge in [-0.1, -0.05) is 0 Å². The molecule has 0 saturated heterocycles. The summed E-state index contributed by atoms with van der Waals surface area (Å²) in [6, 6.07) is 12.0. The average molecular weight is 429 g/mol. The minimum absolute atomic E-state index is 0.299. The van der Waals surface area contributed by atoms with Crippen LogP contribution in [0.15, 0.2) is 80.5 Å². The molecule has 4 aromatic rings. The molecule has 0 aliphatic carbocycles. The number of benzene rings is 1. The lowest BCUT2D eigenvalue weighted by Gasteiger charge is -2.01. The van der Waals surface area contributed by atoms with Crippen molar-refractivity contribution in [3.63, 3.8) is 0 Å². The van der Waals surface area contributed by atoms with Crippen molar-refractivity contribution >= 4 is 22.6 Å². The van der Waals surface area contributed by atoms with Crippen LogP contribution in [-0.2, 0) is 10.8 Å². The minimum atomic E-state index is -1.20. The smallest absolute Gasteiger partial charge is 0.228 e. The van der Waals surface area contributed by atoms with Crippen LogP contribution in [0.25, 0.3) is 22.7 Å². The van der Waals surface area contributed by atoms with Gasteiger partial charge in [-0.05, 0) is 60.3 Å². The van der Waals surface area contributed by atoms with Gasteiger partial charge in [0, 0.05) is 23.6 Å². The normalized spacial score (nSPS) is 12.1. The van der Waals surface area contributed by atoms with E-state index in [0.29, 0.717) is 37.9 Å². The fourth-order valence-electron chi connectivity index (χ4n) is 2.48. The van der Waals surface area contributed by atoms with Gasteiger partial charge in [0.25, 0.3) is 0 Å². The van der Waals surface area contributed by atoms with Crippen LogP contribution < -0.4 is 0 Å². The summed E-state index contributed by atoms with van der Waals surface area (Å²) in [4.78, 5) is 12.8. The summed E-state index contributed by atoms with van der Waals surface area (Å²) < 4.78 is 43.9. The third-order valence-corrected chi connectivity index (χ3v) is 5.63. The van der Waals surface area contributed by atoms with Crippen LogP contribution in [0, 0.1) is 11.6 Å². The molecule has 0 aliphatic rings. The van der Waals surface area contributed by atoms with Crippen LogP contribution in [0.2, 0.25) is 0 Å². The van der Waals surface area contributed by atoms with E-state index in [0.717, 1.165) is 6.20 Å². The van der Waals surface area contributed by atoms with Crippen LogP contribution in [0.4, 0.5) is 8.78 Å². The van der Waals surface area contributed by atoms with Crippen LogP contribution >= 0.6 is 11.8 Å². The second-order valence-electron chi connectivity index (χ2n) is 5.92. The molecule has 1 aromatic carbocycles. The van der Waals surface area contributed by atoms with E-state index in [4.69, 9.17) is 4.42 Å². The Kier molecular flexibility index (Phi) is 5.50. The number of pyridine rings is 2. The molecule has 0 amide bonds. The van der Waals surface area contributed by atoms with E-state index in [2.05, 4.69) is 15.0 Å². The molecule has 9 heteroatoms. The monoisotopic (exact) mass is 429 g/mol. The van der Waals surface area contributed by atoms with Gasteiger partial charge in [-0.25, -0.2) is 23.7 Å². The third-order valence-electron chi connectivity index (χ3n) is 3.89. The van der Waals surface area contributed by atoms with Gasteiger partial charge in [0.2, 0.25) is 5.89 Å². The Morgan fingerprint density at radius 3 is 2.24 bits per heavy atom. The molecule has 0 fully saturated rings. The molecule has 5 nitrogen and oxygen atoms in total. The van der Waals surface area contributed by atoms with Crippen molar-refractivity contribution < 1.29 is 17.4 Å². The van der Waals surface area contributed by atoms with E-state index in [1.165, 1.54) is 36.0 Å². The summed E-state index contributed by atoms with van der Waals surface area (Å²) in [5, 5.41) is 1.40. The SMILES string of the molecule is C[S@@](=O)c1ccc(-c2nc(-c3ccc(F)cc3)oc2Sc2ccc(F)cn2)cn1. The molecule has 0 radical (unpaired) electrons. The van der Waals surface area contributed by atoms with Gasteiger partial charge >= 0.3 is 0 Å². The van der Waals surface area contributed by atoms with Gasteiger partial charge in [-0.2, -0.15) is 0 Å². The maximum absolute atomic E-state index is 13.2. The van der Waals surface area contributed by atoms with Gasteiger partial charge < -0.3 is 4.42 Å². The van der Waals surface area contributed by atoms with E-state index in [1.54, 1.807) is 36.7 Å². The van der Waals surface area contributed by atoms with Crippen LogP contribution in [0.1, 0.15) is 0 Å². The number of nitrogens with zero attached hydrogens (tertiary/aromatic N) is 3. The maximum Gasteiger partial charge on any atom is 0.228 e. The zero-order valence-corrected chi connectivity index (χ0v) is 16.6. The molecule has 1 atom stereocenters. The third kappa shape index (κ3) is 4.41. The lowest BCUT2D eigenvalue weighted by atomic mass is 10.2. The number of hydrogen-bond donors (Lipinski definition) is 0. The molecule has 0 N–H and O–H groups in total. The second-order valence-corrected chi connectivity index (χ2v) is 8.24. The van der Waals surface area contributed by atoms with Gasteiger partial charge in [-0.3, -0.25) is 4.21 Å². The summed E-state index contributed by atoms with van der Waals surface area (Å²) in [5.41, 5.74) is 1.76. The molecule has 0 unspecified atom stereocenters. The summed E-state index contributed by atoms with van der Waals surface area (Å²) in [6.45, 7) is 0. The largest absolute Gasteiger partial charge is 0.429 e. The highest BCUT2D eigenvalue weighted by molar-refractivity contribution is 7.99. The molecule has 3 aromatic heterocycles. The van der Waals surface area contributed by atoms with Crippen molar-refractivity contribution in [1.29, 1.82) is 0 Å². The average Bonchev–Trinajstić information content (AvgIpc) is 3.14. The number of hydrogen-bond acceptors (Lipinski definition) is 6. The Labute approximate surface area is 171 Å². The Balaban J connectivity index is 1.77. The van der Waals surface area contributed by atoms with Crippen molar-refractivity contribution in [2.24, 2.45) is 0 Å². The Morgan fingerprint density at radius 1 is 0.897 bits per heavy atom. The highest BCUT2D eigenvalue weighted by Gasteiger charge is 2.19. The van der Waals surface area contributed by atoms with E-state index < -0.39 is 16.6 Å². The Hall–Kier alpha value is -2.91. The first-order valence-electron chi connectivity index (χ1n) is 8.35. The number of rotatable bonds is 5. The quantitative estimate of drug-likeness (QED) is 0.446. The minimum Gasteiger partial charge on any atom is -0.429 e. The molecule has 0 aliphatic heterocycles. The topological polar surface area (TPSA) is 68.9 Å². The molecular formula is C20H13F2N3O2S2. The van der Waals surface area contributed by atoms with Crippen molar-refractivity contribution in [2.75, 3.05) is 6.26 Å². The van der Waals surface area contributed by atoms with E-state index in [9.17, 15) is 13.0 Å². The molecule has 0 saturated carbocycles. The number of oxazole rings is 1. The fraction of sp³-hybridized carbons (Fsp3) is 0.0500. The number of halogens is 2. The second kappa shape index (κ2) is 8.22. The first-order chi connectivity index (χ1) is 14.0. The summed E-state index contributed by atoms with van der Waals surface area (Å²) in [7, 11) is -1.20. The van der Waals surface area contributed by atoms with Crippen molar-refractivity contribution in [2.45, 2.75) is 15.1 Å². The predicted octanol–water partition coefficient (Wildman–Crippen LogP) is 4.97. The van der Waals surface area contributed by atoms with E-state index in [-0.39, 0.29) is 5.82 Å². The predicted molar refractivity (Wildman–Crippen MR) is 106 cm³/mol. The van der Waals surface area contributed by atoms with E-state index >= 15 is 0 Å². The van der Waals surface area contributed by atoms with Crippen molar-refractivity contribution in [3.8, 4) is 22.7 Å². The zero-order valence-electron chi connectivity index (χ0n) is 15.0. The molecule has 146 valence electrons. The van der Waals surface area contributed by atoms with Gasteiger partial charge in [-0.15, -0.1) is 0 Å². The van der Waals surface area contributed by atoms with E-state index in [1.807, 2.05) is 0 Å². The molecular weight excluding hydrogens is 416 g/mol. The lowest BCUT2D eigenvalue weighted by Crippen LogP contribution is -1.92. The van der Waals surface area contributed by atoms with Crippen molar-refractivity contribution in [1.82, 2.24) is 15.0 Å². The first kappa shape index (κ1) is 19.4. The molecule has 0 spiro atoms. The lowest BCUT2D eigenvalue weighted by molar-refractivity contribution is 0.485. The molecule has 3 heterocycles. The Bertz CT molecular complexity index is 1160. The molecule has 29 heavy (non-hydrogen) atoms. The van der Waals surface area contributed by atoms with Crippen LogP contribution in [0.3, 0.4) is 0 Å². The highest BCUT2D eigenvalue weighted by atomic mass is 32.2. The van der Waals surface area contributed by atoms with Gasteiger partial charge in [0.05, 0.1) is 17.0 Å². The van der Waals surface area contributed by atoms with Gasteiger partial charge in [0.15, 0.2) is 5.09 Å². The molecule has 4 rings (SSSR count). The summed E-state index contributed by atoms with van der Waals surface area (Å²) >= 11 is 1.18. The number of aromatic nitrogens is 3. The summed E-state index contributed by atoms with van der Waals surface area (Å²) in [6.07, 6.45) is 4.23. The standard InChI is InChI=1S/C20H13F2N3O2S2/c1-29(26)17-9-4-13(10-24-17)18-20(28-16-8-7-15(22)11-23-16)27-19(25-18)12-2-5-14(21)6-3-12/h2-11H,1H3/t29-/m1/s1. The zero-order chi connectivity index (χ0) is 20.4. The van der Waals surface area contributed by atoms with Crippen molar-refractivity contribution in [3.05, 3.63) is 72.6 Å². The highest BCUT2D eigenvalue weighted by Crippen LogP contribution is 2.38. The van der Waals surface area contributed by atoms with Gasteiger partial charge in [0.1, 0.15) is 27.4 Å². The fourth-order valence-corrected chi connectivity index (χ4v) is 3.75. The van der Waals surface area contributed by atoms with Crippen LogP contribution in [0.5, 0.6) is 0 Å². The van der Waals surface area contributed by atoms with Crippen LogP contribution in [-0.4, -0.2) is 25.4 Å². The summed E-state index contributed by atoms with van der Waals surface area (Å²) in [5.74, 6) is -0.503. The first-order valence-corrected chi connectivity index (χ1v) is 10.7. The molecule has 0 bridgehead atoms.